The third-order valence-corrected chi connectivity index (χ3v) is 4.17. The molecule has 0 saturated carbocycles. The highest BCUT2D eigenvalue weighted by Gasteiger charge is 2.27. The van der Waals surface area contributed by atoms with Crippen molar-refractivity contribution in [2.75, 3.05) is 6.54 Å². The van der Waals surface area contributed by atoms with Crippen LogP contribution in [0.25, 0.3) is 0 Å². The number of amides is 1. The quantitative estimate of drug-likeness (QED) is 0.875. The number of aliphatic hydroxyl groups excluding tert-OH is 1. The summed E-state index contributed by atoms with van der Waals surface area (Å²) in [5.74, 6) is -0.348. The number of halogens is 1. The molecule has 0 bridgehead atoms. The van der Waals surface area contributed by atoms with Crippen LogP contribution in [-0.2, 0) is 9.63 Å². The first kappa shape index (κ1) is 16.5. The Labute approximate surface area is 144 Å². The van der Waals surface area contributed by atoms with Crippen molar-refractivity contribution in [2.45, 2.75) is 18.6 Å². The second-order valence-electron chi connectivity index (χ2n) is 5.49. The zero-order chi connectivity index (χ0) is 16.9. The van der Waals surface area contributed by atoms with Crippen molar-refractivity contribution < 1.29 is 14.7 Å². The number of carbonyl (C=O) groups excluding carboxylic acids is 1. The fourth-order valence-corrected chi connectivity index (χ4v) is 2.77. The zero-order valence-corrected chi connectivity index (χ0v) is 13.6. The lowest BCUT2D eigenvalue weighted by molar-refractivity contribution is -0.115. The standard InChI is InChI=1S/C18H17ClN2O3/c19-14-9-5-4-8-13(14)16(22)11-20-18(23)15-10-17(24-21-15)12-6-2-1-3-7-12/h1-9,16-17,22H,10-11H2,(H,20,23). The third kappa shape index (κ3) is 3.75. The predicted octanol–water partition coefficient (Wildman–Crippen LogP) is 3.01. The molecule has 2 aromatic carbocycles. The topological polar surface area (TPSA) is 70.9 Å². The summed E-state index contributed by atoms with van der Waals surface area (Å²) in [4.78, 5) is 17.5. The molecular weight excluding hydrogens is 328 g/mol. The van der Waals surface area contributed by atoms with Gasteiger partial charge in [0.1, 0.15) is 5.71 Å². The van der Waals surface area contributed by atoms with E-state index in [4.69, 9.17) is 16.4 Å². The molecule has 1 aliphatic heterocycles. The molecule has 0 fully saturated rings. The van der Waals surface area contributed by atoms with Gasteiger partial charge < -0.3 is 15.3 Å². The molecule has 124 valence electrons. The Hall–Kier alpha value is -2.37. The zero-order valence-electron chi connectivity index (χ0n) is 12.9. The molecule has 3 rings (SSSR count). The highest BCUT2D eigenvalue weighted by atomic mass is 35.5. The van der Waals surface area contributed by atoms with Crippen molar-refractivity contribution in [1.29, 1.82) is 0 Å². The summed E-state index contributed by atoms with van der Waals surface area (Å²) in [6.07, 6.45) is -0.728. The predicted molar refractivity (Wildman–Crippen MR) is 91.7 cm³/mol. The summed E-state index contributed by atoms with van der Waals surface area (Å²) in [5.41, 5.74) is 1.86. The lowest BCUT2D eigenvalue weighted by Gasteiger charge is -2.13. The number of nitrogens with zero attached hydrogens (tertiary/aromatic N) is 1. The lowest BCUT2D eigenvalue weighted by Crippen LogP contribution is -2.33. The Balaban J connectivity index is 1.54. The van der Waals surface area contributed by atoms with Gasteiger partial charge in [0.15, 0.2) is 6.10 Å². The molecule has 0 aliphatic carbocycles. The summed E-state index contributed by atoms with van der Waals surface area (Å²) in [5, 5.41) is 17.1. The van der Waals surface area contributed by atoms with Gasteiger partial charge in [0.05, 0.1) is 6.10 Å². The number of hydrogen-bond donors (Lipinski definition) is 2. The van der Waals surface area contributed by atoms with Crippen LogP contribution in [0.15, 0.2) is 59.8 Å². The maximum atomic E-state index is 12.2. The third-order valence-electron chi connectivity index (χ3n) is 3.82. The molecule has 24 heavy (non-hydrogen) atoms. The number of nitrogens with one attached hydrogen (secondary N) is 1. The number of aliphatic hydroxyl groups is 1. The molecule has 1 aliphatic rings. The lowest BCUT2D eigenvalue weighted by atomic mass is 10.0. The maximum absolute atomic E-state index is 12.2. The highest BCUT2D eigenvalue weighted by molar-refractivity contribution is 6.39. The smallest absolute Gasteiger partial charge is 0.269 e. The Bertz CT molecular complexity index is 749. The van der Waals surface area contributed by atoms with E-state index in [0.29, 0.717) is 22.7 Å². The van der Waals surface area contributed by atoms with E-state index in [2.05, 4.69) is 10.5 Å². The van der Waals surface area contributed by atoms with Gasteiger partial charge in [0.2, 0.25) is 0 Å². The Morgan fingerprint density at radius 3 is 2.71 bits per heavy atom. The molecule has 0 radical (unpaired) electrons. The van der Waals surface area contributed by atoms with Crippen LogP contribution in [0.1, 0.15) is 29.8 Å². The van der Waals surface area contributed by atoms with Gasteiger partial charge >= 0.3 is 0 Å². The number of oxime groups is 1. The molecule has 1 heterocycles. The minimum Gasteiger partial charge on any atom is -0.387 e. The molecule has 5 nitrogen and oxygen atoms in total. The Morgan fingerprint density at radius 2 is 1.96 bits per heavy atom. The number of benzene rings is 2. The van der Waals surface area contributed by atoms with E-state index in [1.807, 2.05) is 30.3 Å². The monoisotopic (exact) mass is 344 g/mol. The first-order chi connectivity index (χ1) is 11.6. The minimum atomic E-state index is -0.879. The summed E-state index contributed by atoms with van der Waals surface area (Å²) >= 11 is 6.03. The fraction of sp³-hybridized carbons (Fsp3) is 0.222. The molecule has 2 atom stereocenters. The first-order valence-electron chi connectivity index (χ1n) is 7.63. The Morgan fingerprint density at radius 1 is 1.25 bits per heavy atom. The van der Waals surface area contributed by atoms with Crippen LogP contribution >= 0.6 is 11.6 Å². The first-order valence-corrected chi connectivity index (χ1v) is 8.01. The maximum Gasteiger partial charge on any atom is 0.269 e. The molecule has 0 spiro atoms. The van der Waals surface area contributed by atoms with Crippen LogP contribution in [0.2, 0.25) is 5.02 Å². The largest absolute Gasteiger partial charge is 0.387 e. The minimum absolute atomic E-state index is 0.0532. The molecule has 1 amide bonds. The van der Waals surface area contributed by atoms with Gasteiger partial charge in [-0.1, -0.05) is 65.3 Å². The van der Waals surface area contributed by atoms with Crippen molar-refractivity contribution in [2.24, 2.45) is 5.16 Å². The van der Waals surface area contributed by atoms with Gasteiger partial charge in [-0.15, -0.1) is 0 Å². The van der Waals surface area contributed by atoms with Crippen molar-refractivity contribution in [3.05, 3.63) is 70.7 Å². The van der Waals surface area contributed by atoms with Crippen molar-refractivity contribution in [1.82, 2.24) is 5.32 Å². The molecule has 2 N–H and O–H groups in total. The van der Waals surface area contributed by atoms with E-state index in [0.717, 1.165) is 5.56 Å². The summed E-state index contributed by atoms with van der Waals surface area (Å²) in [6, 6.07) is 16.6. The molecule has 2 unspecified atom stereocenters. The van der Waals surface area contributed by atoms with Gasteiger partial charge in [-0.25, -0.2) is 0 Å². The van der Waals surface area contributed by atoms with Crippen LogP contribution in [0.4, 0.5) is 0 Å². The van der Waals surface area contributed by atoms with E-state index in [1.165, 1.54) is 0 Å². The molecule has 2 aromatic rings. The van der Waals surface area contributed by atoms with Crippen molar-refractivity contribution >= 4 is 23.2 Å². The van der Waals surface area contributed by atoms with E-state index in [1.54, 1.807) is 24.3 Å². The van der Waals surface area contributed by atoms with E-state index in [-0.39, 0.29) is 18.6 Å². The summed E-state index contributed by atoms with van der Waals surface area (Å²) in [6.45, 7) is 0.0532. The van der Waals surface area contributed by atoms with Gasteiger partial charge in [0.25, 0.3) is 5.91 Å². The van der Waals surface area contributed by atoms with E-state index >= 15 is 0 Å². The average Bonchev–Trinajstić information content (AvgIpc) is 3.11. The summed E-state index contributed by atoms with van der Waals surface area (Å²) < 4.78 is 0. The van der Waals surface area contributed by atoms with Crippen LogP contribution in [0, 0.1) is 0 Å². The number of rotatable bonds is 5. The molecule has 6 heteroatoms. The van der Waals surface area contributed by atoms with Crippen LogP contribution in [0.3, 0.4) is 0 Å². The van der Waals surface area contributed by atoms with Gasteiger partial charge in [0, 0.05) is 23.6 Å². The molecular formula is C18H17ClN2O3. The van der Waals surface area contributed by atoms with E-state index < -0.39 is 6.10 Å². The van der Waals surface area contributed by atoms with E-state index in [9.17, 15) is 9.90 Å². The van der Waals surface area contributed by atoms with Crippen LogP contribution < -0.4 is 5.32 Å². The van der Waals surface area contributed by atoms with Crippen molar-refractivity contribution in [3.8, 4) is 0 Å². The normalized spacial score (nSPS) is 17.8. The summed E-state index contributed by atoms with van der Waals surface area (Å²) in [7, 11) is 0. The molecule has 0 aromatic heterocycles. The van der Waals surface area contributed by atoms with Crippen LogP contribution in [-0.4, -0.2) is 23.3 Å². The number of hydrogen-bond acceptors (Lipinski definition) is 4. The second-order valence-corrected chi connectivity index (χ2v) is 5.90. The second kappa shape index (κ2) is 7.47. The van der Waals surface area contributed by atoms with Gasteiger partial charge in [-0.2, -0.15) is 0 Å². The van der Waals surface area contributed by atoms with Gasteiger partial charge in [-0.3, -0.25) is 4.79 Å². The number of carbonyl (C=O) groups is 1. The Kier molecular flexibility index (Phi) is 5.13. The average molecular weight is 345 g/mol. The van der Waals surface area contributed by atoms with Crippen molar-refractivity contribution in [3.63, 3.8) is 0 Å². The SMILES string of the molecule is O=C(NCC(O)c1ccccc1Cl)C1=NOC(c2ccccc2)C1. The molecule has 0 saturated heterocycles. The van der Waals surface area contributed by atoms with Crippen LogP contribution in [0.5, 0.6) is 0 Å². The van der Waals surface area contributed by atoms with Gasteiger partial charge in [-0.05, 0) is 11.6 Å². The fourth-order valence-electron chi connectivity index (χ4n) is 2.50. The highest BCUT2D eigenvalue weighted by Crippen LogP contribution is 2.27.